The number of hydrogen-bond acceptors (Lipinski definition) is 3. The fraction of sp³-hybridized carbons (Fsp3) is 0.500. The van der Waals surface area contributed by atoms with E-state index in [4.69, 9.17) is 4.74 Å². The number of likely N-dealkylation sites (N-methyl/N-ethyl adjacent to an activating group) is 1. The van der Waals surface area contributed by atoms with Crippen molar-refractivity contribution in [3.8, 4) is 0 Å². The van der Waals surface area contributed by atoms with E-state index in [1.807, 2.05) is 13.8 Å². The molecule has 0 aliphatic carbocycles. The molecule has 3 nitrogen and oxygen atoms in total. The van der Waals surface area contributed by atoms with Gasteiger partial charge in [0.15, 0.2) is 11.6 Å². The van der Waals surface area contributed by atoms with E-state index in [2.05, 4.69) is 4.90 Å². The second-order valence-corrected chi connectivity index (χ2v) is 4.83. The van der Waals surface area contributed by atoms with Crippen LogP contribution in [0.4, 0.5) is 8.78 Å². The molecule has 2 unspecified atom stereocenters. The lowest BCUT2D eigenvalue weighted by molar-refractivity contribution is -0.160. The molecule has 0 amide bonds. The molecule has 1 aromatic rings. The number of carbonyl (C=O) groups is 1. The highest BCUT2D eigenvalue weighted by atomic mass is 19.2. The molecule has 0 spiro atoms. The van der Waals surface area contributed by atoms with Crippen LogP contribution in [0.2, 0.25) is 0 Å². The van der Waals surface area contributed by atoms with Gasteiger partial charge in [0, 0.05) is 12.6 Å². The van der Waals surface area contributed by atoms with Crippen LogP contribution in [0.3, 0.4) is 0 Å². The molecule has 104 valence electrons. The van der Waals surface area contributed by atoms with Crippen molar-refractivity contribution in [2.75, 3.05) is 20.2 Å². The maximum atomic E-state index is 13.4. The molecule has 1 saturated heterocycles. The maximum Gasteiger partial charge on any atom is 0.319 e. The number of nitrogens with zero attached hydrogens (tertiary/aromatic N) is 1. The molecule has 1 aliphatic heterocycles. The normalized spacial score (nSPS) is 26.9. The Bertz CT molecular complexity index is 506. The number of hydrogen-bond donors (Lipinski definition) is 0. The number of carbonyl (C=O) groups excluding carboxylic acids is 1. The molecular formula is C14H17F2NO2. The summed E-state index contributed by atoms with van der Waals surface area (Å²) < 4.78 is 31.3. The molecule has 0 bridgehead atoms. The topological polar surface area (TPSA) is 29.5 Å². The number of benzene rings is 1. The van der Waals surface area contributed by atoms with Crippen molar-refractivity contribution in [2.24, 2.45) is 0 Å². The predicted molar refractivity (Wildman–Crippen MR) is 66.8 cm³/mol. The van der Waals surface area contributed by atoms with Crippen LogP contribution >= 0.6 is 0 Å². The molecule has 0 aromatic heterocycles. The first-order chi connectivity index (χ1) is 8.97. The number of halogens is 2. The number of esters is 1. The van der Waals surface area contributed by atoms with Gasteiger partial charge in [0.05, 0.1) is 7.11 Å². The molecule has 0 radical (unpaired) electrons. The maximum absolute atomic E-state index is 13.4. The van der Waals surface area contributed by atoms with Crippen molar-refractivity contribution in [3.63, 3.8) is 0 Å². The largest absolute Gasteiger partial charge is 0.468 e. The number of rotatable bonds is 3. The number of methoxy groups -OCH3 is 1. The van der Waals surface area contributed by atoms with Crippen LogP contribution in [0.5, 0.6) is 0 Å². The zero-order valence-electron chi connectivity index (χ0n) is 11.2. The van der Waals surface area contributed by atoms with Gasteiger partial charge >= 0.3 is 5.97 Å². The summed E-state index contributed by atoms with van der Waals surface area (Å²) >= 11 is 0. The van der Waals surface area contributed by atoms with E-state index in [1.165, 1.54) is 13.2 Å². The van der Waals surface area contributed by atoms with E-state index in [1.54, 1.807) is 0 Å². The van der Waals surface area contributed by atoms with Crippen LogP contribution in [-0.2, 0) is 14.9 Å². The standard InChI is InChI=1S/C14H17F2NO2/c1-4-17-8-14(9(17)2,13(18)19-3)10-5-6-11(15)12(16)7-10/h5-7,9H,4,8H2,1-3H3. The zero-order chi connectivity index (χ0) is 14.2. The molecule has 1 fully saturated rings. The minimum atomic E-state index is -0.942. The first kappa shape index (κ1) is 13.9. The van der Waals surface area contributed by atoms with E-state index < -0.39 is 23.0 Å². The lowest BCUT2D eigenvalue weighted by Gasteiger charge is -2.54. The van der Waals surface area contributed by atoms with Crippen molar-refractivity contribution in [1.82, 2.24) is 4.90 Å². The van der Waals surface area contributed by atoms with Gasteiger partial charge in [0.1, 0.15) is 5.41 Å². The highest BCUT2D eigenvalue weighted by Gasteiger charge is 2.57. The van der Waals surface area contributed by atoms with Crippen LogP contribution in [0, 0.1) is 11.6 Å². The van der Waals surface area contributed by atoms with Gasteiger partial charge in [0.2, 0.25) is 0 Å². The quantitative estimate of drug-likeness (QED) is 0.787. The lowest BCUT2D eigenvalue weighted by Crippen LogP contribution is -2.69. The summed E-state index contributed by atoms with van der Waals surface area (Å²) in [6.07, 6.45) is 0. The summed E-state index contributed by atoms with van der Waals surface area (Å²) in [6.45, 7) is 5.14. The van der Waals surface area contributed by atoms with Gasteiger partial charge in [-0.05, 0) is 31.2 Å². The highest BCUT2D eigenvalue weighted by molar-refractivity contribution is 5.86. The summed E-state index contributed by atoms with van der Waals surface area (Å²) in [5.74, 6) is -2.26. The van der Waals surface area contributed by atoms with E-state index >= 15 is 0 Å². The minimum Gasteiger partial charge on any atom is -0.468 e. The Labute approximate surface area is 111 Å². The Morgan fingerprint density at radius 3 is 2.63 bits per heavy atom. The van der Waals surface area contributed by atoms with E-state index in [0.29, 0.717) is 12.1 Å². The lowest BCUT2D eigenvalue weighted by atomic mass is 9.67. The monoisotopic (exact) mass is 269 g/mol. The van der Waals surface area contributed by atoms with Gasteiger partial charge in [-0.2, -0.15) is 0 Å². The summed E-state index contributed by atoms with van der Waals surface area (Å²) in [6, 6.07) is 3.50. The molecule has 1 aliphatic rings. The Morgan fingerprint density at radius 2 is 2.16 bits per heavy atom. The van der Waals surface area contributed by atoms with Crippen LogP contribution in [0.15, 0.2) is 18.2 Å². The average Bonchev–Trinajstić information content (AvgIpc) is 2.41. The summed E-state index contributed by atoms with van der Waals surface area (Å²) in [5, 5.41) is 0. The molecule has 5 heteroatoms. The number of ether oxygens (including phenoxy) is 1. The minimum absolute atomic E-state index is 0.102. The molecule has 0 N–H and O–H groups in total. The molecular weight excluding hydrogens is 252 g/mol. The third-order valence-electron chi connectivity index (χ3n) is 4.10. The third kappa shape index (κ3) is 1.92. The molecule has 1 heterocycles. The van der Waals surface area contributed by atoms with Crippen molar-refractivity contribution in [2.45, 2.75) is 25.3 Å². The second kappa shape index (κ2) is 4.89. The fourth-order valence-corrected chi connectivity index (χ4v) is 2.82. The van der Waals surface area contributed by atoms with Gasteiger partial charge in [-0.3, -0.25) is 9.69 Å². The Balaban J connectivity index is 2.45. The van der Waals surface area contributed by atoms with Crippen LogP contribution in [-0.4, -0.2) is 37.1 Å². The predicted octanol–water partition coefficient (Wildman–Crippen LogP) is 2.10. The van der Waals surface area contributed by atoms with E-state index in [0.717, 1.165) is 18.7 Å². The van der Waals surface area contributed by atoms with Gasteiger partial charge in [0.25, 0.3) is 0 Å². The van der Waals surface area contributed by atoms with E-state index in [-0.39, 0.29) is 6.04 Å². The molecule has 0 saturated carbocycles. The van der Waals surface area contributed by atoms with Crippen molar-refractivity contribution in [3.05, 3.63) is 35.4 Å². The summed E-state index contributed by atoms with van der Waals surface area (Å²) in [7, 11) is 1.31. The van der Waals surface area contributed by atoms with Gasteiger partial charge < -0.3 is 4.74 Å². The van der Waals surface area contributed by atoms with Gasteiger partial charge in [-0.15, -0.1) is 0 Å². The SMILES string of the molecule is CCN1CC(C(=O)OC)(c2ccc(F)c(F)c2)C1C. The Kier molecular flexibility index (Phi) is 3.58. The molecule has 2 rings (SSSR count). The van der Waals surface area contributed by atoms with Crippen LogP contribution < -0.4 is 0 Å². The van der Waals surface area contributed by atoms with Crippen LogP contribution in [0.1, 0.15) is 19.4 Å². The number of likely N-dealkylation sites (tertiary alicyclic amines) is 1. The molecule has 1 aromatic carbocycles. The molecule has 19 heavy (non-hydrogen) atoms. The Hall–Kier alpha value is -1.49. The fourth-order valence-electron chi connectivity index (χ4n) is 2.82. The van der Waals surface area contributed by atoms with Crippen molar-refractivity contribution < 1.29 is 18.3 Å². The second-order valence-electron chi connectivity index (χ2n) is 4.83. The van der Waals surface area contributed by atoms with Crippen molar-refractivity contribution >= 4 is 5.97 Å². The first-order valence-electron chi connectivity index (χ1n) is 6.25. The summed E-state index contributed by atoms with van der Waals surface area (Å²) in [5.41, 5.74) is -0.435. The zero-order valence-corrected chi connectivity index (χ0v) is 11.2. The van der Waals surface area contributed by atoms with Crippen LogP contribution in [0.25, 0.3) is 0 Å². The molecule has 2 atom stereocenters. The summed E-state index contributed by atoms with van der Waals surface area (Å²) in [4.78, 5) is 14.2. The average molecular weight is 269 g/mol. The van der Waals surface area contributed by atoms with Gasteiger partial charge in [-0.25, -0.2) is 8.78 Å². The smallest absolute Gasteiger partial charge is 0.319 e. The first-order valence-corrected chi connectivity index (χ1v) is 6.25. The van der Waals surface area contributed by atoms with E-state index in [9.17, 15) is 13.6 Å². The van der Waals surface area contributed by atoms with Gasteiger partial charge in [-0.1, -0.05) is 13.0 Å². The highest BCUT2D eigenvalue weighted by Crippen LogP contribution is 2.42. The Morgan fingerprint density at radius 1 is 1.47 bits per heavy atom. The van der Waals surface area contributed by atoms with Crippen molar-refractivity contribution in [1.29, 1.82) is 0 Å². The third-order valence-corrected chi connectivity index (χ3v) is 4.10.